The lowest BCUT2D eigenvalue weighted by Gasteiger charge is -2.28. The van der Waals surface area contributed by atoms with Crippen LogP contribution in [0.25, 0.3) is 0 Å². The fourth-order valence-electron chi connectivity index (χ4n) is 1.24. The standard InChI is InChI=1S/C9H15N5O5/c1-10-8-11-2-6(14(18)19)7(12-8)13-9(3-15,4-16)5-17/h2,15-17H,3-5H2,1H3,(H2,10,11,12,13). The first-order valence-corrected chi connectivity index (χ1v) is 5.32. The van der Waals surface area contributed by atoms with Crippen LogP contribution in [0.2, 0.25) is 0 Å². The molecule has 10 nitrogen and oxygen atoms in total. The fourth-order valence-corrected chi connectivity index (χ4v) is 1.24. The number of nitrogens with one attached hydrogen (secondary N) is 2. The second-order valence-electron chi connectivity index (χ2n) is 3.81. The minimum absolute atomic E-state index is 0.121. The molecule has 0 amide bonds. The minimum Gasteiger partial charge on any atom is -0.394 e. The van der Waals surface area contributed by atoms with E-state index in [1.54, 1.807) is 0 Å². The van der Waals surface area contributed by atoms with E-state index in [9.17, 15) is 25.4 Å². The fraction of sp³-hybridized carbons (Fsp3) is 0.556. The second kappa shape index (κ2) is 6.22. The molecule has 10 heteroatoms. The van der Waals surface area contributed by atoms with Gasteiger partial charge in [0.2, 0.25) is 11.8 Å². The highest BCUT2D eigenvalue weighted by molar-refractivity contribution is 5.58. The van der Waals surface area contributed by atoms with Crippen molar-refractivity contribution in [3.05, 3.63) is 16.3 Å². The van der Waals surface area contributed by atoms with E-state index in [0.717, 1.165) is 6.20 Å². The van der Waals surface area contributed by atoms with E-state index in [1.807, 2.05) is 0 Å². The van der Waals surface area contributed by atoms with E-state index in [4.69, 9.17) is 0 Å². The summed E-state index contributed by atoms with van der Waals surface area (Å²) in [7, 11) is 1.53. The molecule has 0 fully saturated rings. The summed E-state index contributed by atoms with van der Waals surface area (Å²) in [6.07, 6.45) is 0.984. The lowest BCUT2D eigenvalue weighted by molar-refractivity contribution is -0.384. The zero-order chi connectivity index (χ0) is 14.5. The van der Waals surface area contributed by atoms with E-state index in [2.05, 4.69) is 20.6 Å². The minimum atomic E-state index is -1.51. The zero-order valence-electron chi connectivity index (χ0n) is 10.2. The maximum absolute atomic E-state index is 10.8. The number of aliphatic hydroxyl groups is 3. The van der Waals surface area contributed by atoms with Crippen molar-refractivity contribution >= 4 is 17.5 Å². The number of rotatable bonds is 7. The molecule has 0 bridgehead atoms. The summed E-state index contributed by atoms with van der Waals surface area (Å²) in [4.78, 5) is 17.7. The summed E-state index contributed by atoms with van der Waals surface area (Å²) in [6.45, 7) is -1.89. The first-order chi connectivity index (χ1) is 9.01. The quantitative estimate of drug-likeness (QED) is 0.296. The maximum atomic E-state index is 10.8. The normalized spacial score (nSPS) is 11.2. The van der Waals surface area contributed by atoms with Crippen LogP contribution in [-0.2, 0) is 0 Å². The number of aliphatic hydroxyl groups excluding tert-OH is 3. The highest BCUT2D eigenvalue weighted by Gasteiger charge is 2.31. The monoisotopic (exact) mass is 273 g/mol. The Morgan fingerprint density at radius 3 is 2.37 bits per heavy atom. The highest BCUT2D eigenvalue weighted by Crippen LogP contribution is 2.25. The SMILES string of the molecule is CNc1ncc([N+](=O)[O-])c(NC(CO)(CO)CO)n1. The molecule has 0 atom stereocenters. The van der Waals surface area contributed by atoms with E-state index in [1.165, 1.54) is 7.05 Å². The number of nitrogens with zero attached hydrogens (tertiary/aromatic N) is 3. The summed E-state index contributed by atoms with van der Waals surface area (Å²) in [5.41, 5.74) is -1.94. The Kier molecular flexibility index (Phi) is 4.92. The van der Waals surface area contributed by atoms with Gasteiger partial charge in [0.15, 0.2) is 0 Å². The molecule has 0 radical (unpaired) electrons. The van der Waals surface area contributed by atoms with Crippen molar-refractivity contribution in [3.63, 3.8) is 0 Å². The van der Waals surface area contributed by atoms with E-state index in [-0.39, 0.29) is 11.8 Å². The molecule has 0 aromatic carbocycles. The Balaban J connectivity index is 3.19. The first-order valence-electron chi connectivity index (χ1n) is 5.32. The van der Waals surface area contributed by atoms with Gasteiger partial charge < -0.3 is 26.0 Å². The van der Waals surface area contributed by atoms with Gasteiger partial charge in [-0.25, -0.2) is 4.98 Å². The molecule has 1 rings (SSSR count). The molecule has 0 aliphatic heterocycles. The van der Waals surface area contributed by atoms with Gasteiger partial charge in [-0.1, -0.05) is 0 Å². The maximum Gasteiger partial charge on any atom is 0.329 e. The van der Waals surface area contributed by atoms with Crippen molar-refractivity contribution in [2.75, 3.05) is 37.5 Å². The predicted octanol–water partition coefficient (Wildman–Crippen LogP) is -1.45. The van der Waals surface area contributed by atoms with E-state index >= 15 is 0 Å². The van der Waals surface area contributed by atoms with Crippen LogP contribution in [-0.4, -0.2) is 62.6 Å². The van der Waals surface area contributed by atoms with Crippen LogP contribution in [0.4, 0.5) is 17.5 Å². The molecule has 0 spiro atoms. The Labute approximate surface area is 108 Å². The van der Waals surface area contributed by atoms with Crippen molar-refractivity contribution in [2.24, 2.45) is 0 Å². The topological polar surface area (TPSA) is 154 Å². The van der Waals surface area contributed by atoms with Crippen LogP contribution >= 0.6 is 0 Å². The molecular formula is C9H15N5O5. The van der Waals surface area contributed by atoms with Gasteiger partial charge in [0.05, 0.1) is 24.7 Å². The van der Waals surface area contributed by atoms with Crippen LogP contribution in [0.1, 0.15) is 0 Å². The molecule has 1 aromatic heterocycles. The Morgan fingerprint density at radius 1 is 1.37 bits per heavy atom. The zero-order valence-corrected chi connectivity index (χ0v) is 10.2. The molecule has 0 saturated carbocycles. The lowest BCUT2D eigenvalue weighted by Crippen LogP contribution is -2.49. The number of nitro groups is 1. The van der Waals surface area contributed by atoms with Gasteiger partial charge in [0.1, 0.15) is 11.7 Å². The molecular weight excluding hydrogens is 258 g/mol. The van der Waals surface area contributed by atoms with Gasteiger partial charge >= 0.3 is 5.69 Å². The number of hydrogen-bond acceptors (Lipinski definition) is 9. The van der Waals surface area contributed by atoms with Crippen LogP contribution in [0, 0.1) is 10.1 Å². The summed E-state index contributed by atoms with van der Waals surface area (Å²) < 4.78 is 0. The third kappa shape index (κ3) is 3.24. The molecule has 5 N–H and O–H groups in total. The van der Waals surface area contributed by atoms with Gasteiger partial charge in [-0.2, -0.15) is 4.98 Å². The van der Waals surface area contributed by atoms with Crippen LogP contribution in [0.3, 0.4) is 0 Å². The predicted molar refractivity (Wildman–Crippen MR) is 65.8 cm³/mol. The third-order valence-corrected chi connectivity index (χ3v) is 2.48. The van der Waals surface area contributed by atoms with E-state index < -0.39 is 36.0 Å². The molecule has 106 valence electrons. The molecule has 1 aromatic rings. The smallest absolute Gasteiger partial charge is 0.329 e. The van der Waals surface area contributed by atoms with Gasteiger partial charge in [0, 0.05) is 7.05 Å². The molecule has 0 aliphatic carbocycles. The second-order valence-corrected chi connectivity index (χ2v) is 3.81. The van der Waals surface area contributed by atoms with Crippen molar-refractivity contribution in [3.8, 4) is 0 Å². The molecule has 0 aliphatic rings. The van der Waals surface area contributed by atoms with Crippen molar-refractivity contribution in [1.82, 2.24) is 9.97 Å². The van der Waals surface area contributed by atoms with Gasteiger partial charge in [-0.3, -0.25) is 10.1 Å². The molecule has 0 unspecified atom stereocenters. The van der Waals surface area contributed by atoms with E-state index in [0.29, 0.717) is 0 Å². The van der Waals surface area contributed by atoms with Gasteiger partial charge in [-0.05, 0) is 0 Å². The Morgan fingerprint density at radius 2 is 1.95 bits per heavy atom. The third-order valence-electron chi connectivity index (χ3n) is 2.48. The van der Waals surface area contributed by atoms with Gasteiger partial charge in [-0.15, -0.1) is 0 Å². The van der Waals surface area contributed by atoms with Crippen molar-refractivity contribution < 1.29 is 20.2 Å². The molecule has 19 heavy (non-hydrogen) atoms. The number of hydrogen-bond donors (Lipinski definition) is 5. The van der Waals surface area contributed by atoms with Crippen LogP contribution in [0.15, 0.2) is 6.20 Å². The van der Waals surface area contributed by atoms with Crippen LogP contribution < -0.4 is 10.6 Å². The number of aromatic nitrogens is 2. The molecule has 0 saturated heterocycles. The van der Waals surface area contributed by atoms with Crippen molar-refractivity contribution in [1.29, 1.82) is 0 Å². The average Bonchev–Trinajstić information content (AvgIpc) is 2.44. The highest BCUT2D eigenvalue weighted by atomic mass is 16.6. The lowest BCUT2D eigenvalue weighted by atomic mass is 10.0. The Hall–Kier alpha value is -2.04. The molecule has 1 heterocycles. The Bertz CT molecular complexity index is 442. The number of anilines is 2. The average molecular weight is 273 g/mol. The van der Waals surface area contributed by atoms with Crippen molar-refractivity contribution in [2.45, 2.75) is 5.54 Å². The van der Waals surface area contributed by atoms with Gasteiger partial charge in [0.25, 0.3) is 0 Å². The summed E-state index contributed by atoms with van der Waals surface area (Å²) in [5.74, 6) is -0.0858. The van der Waals surface area contributed by atoms with Crippen LogP contribution in [0.5, 0.6) is 0 Å². The summed E-state index contributed by atoms with van der Waals surface area (Å²) in [5, 5.41) is 43.5. The summed E-state index contributed by atoms with van der Waals surface area (Å²) >= 11 is 0. The first kappa shape index (κ1) is 15.0. The largest absolute Gasteiger partial charge is 0.394 e. The summed E-state index contributed by atoms with van der Waals surface area (Å²) in [6, 6.07) is 0.